The fourth-order valence-corrected chi connectivity index (χ4v) is 2.66. The van der Waals surface area contributed by atoms with Crippen LogP contribution in [0.2, 0.25) is 0 Å². The van der Waals surface area contributed by atoms with Gasteiger partial charge in [0.2, 0.25) is 10.0 Å². The lowest BCUT2D eigenvalue weighted by atomic mass is 10.1. The molecule has 1 aliphatic carbocycles. The molecule has 5 nitrogen and oxygen atoms in total. The van der Waals surface area contributed by atoms with Crippen LogP contribution in [0, 0.1) is 0 Å². The highest BCUT2D eigenvalue weighted by atomic mass is 35.5. The Morgan fingerprint density at radius 2 is 2.11 bits per heavy atom. The van der Waals surface area contributed by atoms with E-state index >= 15 is 0 Å². The molecule has 19 heavy (non-hydrogen) atoms. The van der Waals surface area contributed by atoms with E-state index in [1.807, 2.05) is 0 Å². The van der Waals surface area contributed by atoms with E-state index in [2.05, 4.69) is 0 Å². The fraction of sp³-hybridized carbons (Fsp3) is 0.417. The van der Waals surface area contributed by atoms with Crippen molar-refractivity contribution in [3.8, 4) is 0 Å². The van der Waals surface area contributed by atoms with Gasteiger partial charge in [-0.3, -0.25) is 0 Å². The standard InChI is InChI=1S/C12H14ClNO4S/c13-5-6-18-12(15)10-4-3-9(8-1-2-8)7-11(10)19(14,16)17/h3-4,7-8H,1-2,5-6H2,(H2,14,16,17). The van der Waals surface area contributed by atoms with Crippen molar-refractivity contribution >= 4 is 27.6 Å². The molecule has 2 rings (SSSR count). The van der Waals surface area contributed by atoms with E-state index < -0.39 is 16.0 Å². The van der Waals surface area contributed by atoms with Crippen molar-refractivity contribution in [3.63, 3.8) is 0 Å². The maximum atomic E-state index is 11.8. The van der Waals surface area contributed by atoms with Crippen LogP contribution in [0.3, 0.4) is 0 Å². The van der Waals surface area contributed by atoms with Gasteiger partial charge >= 0.3 is 5.97 Å². The topological polar surface area (TPSA) is 86.5 Å². The smallest absolute Gasteiger partial charge is 0.339 e. The van der Waals surface area contributed by atoms with Gasteiger partial charge < -0.3 is 4.74 Å². The Morgan fingerprint density at radius 1 is 1.42 bits per heavy atom. The average Bonchev–Trinajstić information content (AvgIpc) is 3.18. The summed E-state index contributed by atoms with van der Waals surface area (Å²) in [4.78, 5) is 11.6. The number of esters is 1. The average molecular weight is 304 g/mol. The molecular formula is C12H14ClNO4S. The van der Waals surface area contributed by atoms with Crippen LogP contribution in [0.1, 0.15) is 34.7 Å². The molecule has 0 unspecified atom stereocenters. The molecule has 0 aromatic heterocycles. The molecule has 7 heteroatoms. The normalized spacial score (nSPS) is 15.3. The van der Waals surface area contributed by atoms with Gasteiger partial charge in [0.1, 0.15) is 6.61 Å². The summed E-state index contributed by atoms with van der Waals surface area (Å²) in [7, 11) is -3.97. The molecular weight excluding hydrogens is 290 g/mol. The van der Waals surface area contributed by atoms with Crippen LogP contribution in [-0.4, -0.2) is 26.9 Å². The highest BCUT2D eigenvalue weighted by molar-refractivity contribution is 7.89. The Bertz CT molecular complexity index is 596. The molecule has 1 aromatic rings. The first-order chi connectivity index (χ1) is 8.93. The summed E-state index contributed by atoms with van der Waals surface area (Å²) < 4.78 is 28.0. The van der Waals surface area contributed by atoms with E-state index in [0.29, 0.717) is 5.92 Å². The van der Waals surface area contributed by atoms with Gasteiger partial charge in [-0.05, 0) is 36.5 Å². The van der Waals surface area contributed by atoms with Gasteiger partial charge in [-0.2, -0.15) is 0 Å². The van der Waals surface area contributed by atoms with Crippen molar-refractivity contribution < 1.29 is 17.9 Å². The van der Waals surface area contributed by atoms with E-state index in [9.17, 15) is 13.2 Å². The first-order valence-corrected chi connectivity index (χ1v) is 7.91. The highest BCUT2D eigenvalue weighted by Gasteiger charge is 2.27. The van der Waals surface area contributed by atoms with Crippen molar-refractivity contribution in [3.05, 3.63) is 29.3 Å². The third kappa shape index (κ3) is 3.46. The maximum absolute atomic E-state index is 11.8. The fourth-order valence-electron chi connectivity index (χ4n) is 1.82. The number of nitrogens with two attached hydrogens (primary N) is 1. The van der Waals surface area contributed by atoms with Crippen LogP contribution < -0.4 is 5.14 Å². The summed E-state index contributed by atoms with van der Waals surface area (Å²) in [6, 6.07) is 4.65. The number of carbonyl (C=O) groups excluding carboxylic acids is 1. The lowest BCUT2D eigenvalue weighted by Crippen LogP contribution is -2.18. The van der Waals surface area contributed by atoms with Crippen molar-refractivity contribution in [1.82, 2.24) is 0 Å². The van der Waals surface area contributed by atoms with Gasteiger partial charge in [0.15, 0.2) is 0 Å². The summed E-state index contributed by atoms with van der Waals surface area (Å²) >= 11 is 5.42. The predicted molar refractivity (Wildman–Crippen MR) is 70.8 cm³/mol. The Morgan fingerprint density at radius 3 is 2.63 bits per heavy atom. The second-order valence-electron chi connectivity index (χ2n) is 4.40. The number of alkyl halides is 1. The highest BCUT2D eigenvalue weighted by Crippen LogP contribution is 2.41. The Balaban J connectivity index is 2.39. The molecule has 0 heterocycles. The second-order valence-corrected chi connectivity index (χ2v) is 6.31. The molecule has 104 valence electrons. The van der Waals surface area contributed by atoms with Gasteiger partial charge in [-0.25, -0.2) is 18.4 Å². The first-order valence-electron chi connectivity index (χ1n) is 5.83. The molecule has 2 N–H and O–H groups in total. The molecule has 0 aliphatic heterocycles. The number of sulfonamides is 1. The second kappa shape index (κ2) is 5.48. The van der Waals surface area contributed by atoms with Gasteiger partial charge in [0, 0.05) is 0 Å². The van der Waals surface area contributed by atoms with Crippen molar-refractivity contribution in [2.24, 2.45) is 5.14 Å². The molecule has 1 saturated carbocycles. The van der Waals surface area contributed by atoms with Crippen LogP contribution in [0.4, 0.5) is 0 Å². The Labute approximate surface area is 116 Å². The van der Waals surface area contributed by atoms with Crippen molar-refractivity contribution in [2.75, 3.05) is 12.5 Å². The molecule has 0 radical (unpaired) electrons. The van der Waals surface area contributed by atoms with Crippen LogP contribution in [0.15, 0.2) is 23.1 Å². The number of halogens is 1. The summed E-state index contributed by atoms with van der Waals surface area (Å²) in [5.41, 5.74) is 0.843. The van der Waals surface area contributed by atoms with Crippen LogP contribution in [0.5, 0.6) is 0 Å². The van der Waals surface area contributed by atoms with Gasteiger partial charge in [0.05, 0.1) is 16.3 Å². The summed E-state index contributed by atoms with van der Waals surface area (Å²) in [6.45, 7) is 0.0226. The molecule has 0 bridgehead atoms. The van der Waals surface area contributed by atoms with Crippen molar-refractivity contribution in [2.45, 2.75) is 23.7 Å². The number of benzene rings is 1. The monoisotopic (exact) mass is 303 g/mol. The van der Waals surface area contributed by atoms with Crippen LogP contribution >= 0.6 is 11.6 Å². The van der Waals surface area contributed by atoms with Crippen molar-refractivity contribution in [1.29, 1.82) is 0 Å². The predicted octanol–water partition coefficient (Wildman–Crippen LogP) is 1.61. The molecule has 0 saturated heterocycles. The first kappa shape index (κ1) is 14.3. The van der Waals surface area contributed by atoms with Gasteiger partial charge in [-0.1, -0.05) is 6.07 Å². The van der Waals surface area contributed by atoms with E-state index in [-0.39, 0.29) is 22.9 Å². The third-order valence-electron chi connectivity index (χ3n) is 2.89. The zero-order chi connectivity index (χ0) is 14.0. The van der Waals surface area contributed by atoms with E-state index in [1.54, 1.807) is 6.07 Å². The Kier molecular flexibility index (Phi) is 4.13. The zero-order valence-electron chi connectivity index (χ0n) is 10.1. The number of hydrogen-bond donors (Lipinski definition) is 1. The number of primary sulfonamides is 1. The zero-order valence-corrected chi connectivity index (χ0v) is 11.7. The van der Waals surface area contributed by atoms with Crippen LogP contribution in [0.25, 0.3) is 0 Å². The third-order valence-corrected chi connectivity index (χ3v) is 4.00. The van der Waals surface area contributed by atoms with Gasteiger partial charge in [0.25, 0.3) is 0 Å². The minimum absolute atomic E-state index is 0.0226. The molecule has 0 amide bonds. The minimum atomic E-state index is -3.97. The van der Waals surface area contributed by atoms with Crippen LogP contribution in [-0.2, 0) is 14.8 Å². The van der Waals surface area contributed by atoms with E-state index in [0.717, 1.165) is 18.4 Å². The number of rotatable bonds is 5. The molecule has 1 aromatic carbocycles. The summed E-state index contributed by atoms with van der Waals surface area (Å²) in [5.74, 6) is -0.211. The largest absolute Gasteiger partial charge is 0.461 e. The summed E-state index contributed by atoms with van der Waals surface area (Å²) in [6.07, 6.45) is 2.06. The maximum Gasteiger partial charge on any atom is 0.339 e. The number of hydrogen-bond acceptors (Lipinski definition) is 4. The lowest BCUT2D eigenvalue weighted by Gasteiger charge is -2.09. The van der Waals surface area contributed by atoms with E-state index in [1.165, 1.54) is 12.1 Å². The van der Waals surface area contributed by atoms with Gasteiger partial charge in [-0.15, -0.1) is 11.6 Å². The minimum Gasteiger partial charge on any atom is -0.461 e. The molecule has 1 fully saturated rings. The SMILES string of the molecule is NS(=O)(=O)c1cc(C2CC2)ccc1C(=O)OCCCl. The quantitative estimate of drug-likeness (QED) is 0.661. The summed E-state index contributed by atoms with van der Waals surface area (Å²) in [5, 5.41) is 5.15. The number of carbonyl (C=O) groups is 1. The van der Waals surface area contributed by atoms with E-state index in [4.69, 9.17) is 21.5 Å². The molecule has 0 atom stereocenters. The molecule has 0 spiro atoms. The molecule has 1 aliphatic rings. The lowest BCUT2D eigenvalue weighted by molar-refractivity contribution is 0.0524. The number of ether oxygens (including phenoxy) is 1. The Hall–Kier alpha value is -1.11.